The third-order valence-electron chi connectivity index (χ3n) is 5.52. The lowest BCUT2D eigenvalue weighted by Crippen LogP contribution is -2.48. The van der Waals surface area contributed by atoms with Gasteiger partial charge in [-0.15, -0.1) is 21.5 Å². The van der Waals surface area contributed by atoms with Crippen LogP contribution in [0.2, 0.25) is 0 Å². The minimum absolute atomic E-state index is 0.109. The average molecular weight is 434 g/mol. The van der Waals surface area contributed by atoms with Crippen molar-refractivity contribution in [2.75, 3.05) is 18.1 Å². The summed E-state index contributed by atoms with van der Waals surface area (Å²) < 4.78 is 9.96. The van der Waals surface area contributed by atoms with Crippen LogP contribution < -0.4 is 4.90 Å². The van der Waals surface area contributed by atoms with Crippen molar-refractivity contribution in [2.24, 2.45) is 0 Å². The molecule has 10 nitrogen and oxygen atoms in total. The second-order valence-electron chi connectivity index (χ2n) is 7.28. The summed E-state index contributed by atoms with van der Waals surface area (Å²) in [5.41, 5.74) is 0.870. The third-order valence-corrected chi connectivity index (χ3v) is 6.29. The Labute approximate surface area is 181 Å². The molecule has 2 aliphatic heterocycles. The van der Waals surface area contributed by atoms with E-state index in [9.17, 15) is 0 Å². The summed E-state index contributed by atoms with van der Waals surface area (Å²) in [5, 5.41) is 11.6. The van der Waals surface area contributed by atoms with Crippen molar-refractivity contribution in [1.29, 1.82) is 0 Å². The van der Waals surface area contributed by atoms with Gasteiger partial charge in [-0.2, -0.15) is 4.98 Å². The van der Waals surface area contributed by atoms with Crippen LogP contribution in [0.1, 0.15) is 24.6 Å². The fourth-order valence-electron chi connectivity index (χ4n) is 4.24. The number of hydrogen-bond acceptors (Lipinski definition) is 9. The summed E-state index contributed by atoms with van der Waals surface area (Å²) in [7, 11) is 0. The van der Waals surface area contributed by atoms with Gasteiger partial charge in [-0.05, 0) is 13.8 Å². The SMILES string of the molecule is CC=CC1OCCN2c3nc(-n4ccnc4-c4nccs4)ncc3-n3c(C)nnc3C12. The maximum atomic E-state index is 6.06. The van der Waals surface area contributed by atoms with E-state index in [0.717, 1.165) is 34.0 Å². The lowest BCUT2D eigenvalue weighted by Gasteiger charge is -2.43. The molecule has 2 atom stereocenters. The van der Waals surface area contributed by atoms with E-state index in [0.29, 0.717) is 19.1 Å². The topological polar surface area (TPSA) is 99.7 Å². The summed E-state index contributed by atoms with van der Waals surface area (Å²) in [5.74, 6) is 3.74. The van der Waals surface area contributed by atoms with Gasteiger partial charge < -0.3 is 9.64 Å². The predicted octanol–water partition coefficient (Wildman–Crippen LogP) is 2.51. The molecule has 6 heterocycles. The first-order valence-electron chi connectivity index (χ1n) is 10.00. The van der Waals surface area contributed by atoms with Gasteiger partial charge in [-0.1, -0.05) is 12.2 Å². The van der Waals surface area contributed by atoms with Gasteiger partial charge in [0.05, 0.1) is 12.8 Å². The Morgan fingerprint density at radius 2 is 2.13 bits per heavy atom. The van der Waals surface area contributed by atoms with Crippen molar-refractivity contribution in [1.82, 2.24) is 39.3 Å². The maximum Gasteiger partial charge on any atom is 0.237 e. The number of thiazole rings is 1. The standard InChI is InChI=1S/C20H19N9OS/c1-3-4-14-15-17-26-25-12(2)29(17)13-11-23-20(24-16(13)27(15)8-9-30-14)28-7-5-21-18(28)19-22-6-10-31-19/h3-7,10-11,14-15H,8-9H2,1-2H3. The third kappa shape index (κ3) is 2.73. The van der Waals surface area contributed by atoms with Crippen LogP contribution in [-0.4, -0.2) is 58.5 Å². The minimum Gasteiger partial charge on any atom is -0.370 e. The fraction of sp³-hybridized carbons (Fsp3) is 0.300. The smallest absolute Gasteiger partial charge is 0.237 e. The second kappa shape index (κ2) is 7.06. The highest BCUT2D eigenvalue weighted by molar-refractivity contribution is 7.13. The van der Waals surface area contributed by atoms with Crippen LogP contribution in [0.3, 0.4) is 0 Å². The molecule has 0 saturated carbocycles. The zero-order chi connectivity index (χ0) is 20.9. The van der Waals surface area contributed by atoms with Crippen LogP contribution in [-0.2, 0) is 4.74 Å². The van der Waals surface area contributed by atoms with Crippen LogP contribution in [0.4, 0.5) is 5.82 Å². The highest BCUT2D eigenvalue weighted by Crippen LogP contribution is 2.41. The summed E-state index contributed by atoms with van der Waals surface area (Å²) in [6.45, 7) is 5.24. The van der Waals surface area contributed by atoms with E-state index >= 15 is 0 Å². The molecule has 0 aromatic carbocycles. The Morgan fingerprint density at radius 3 is 2.97 bits per heavy atom. The number of fused-ring (bicyclic) bond motifs is 6. The van der Waals surface area contributed by atoms with Crippen molar-refractivity contribution >= 4 is 17.2 Å². The van der Waals surface area contributed by atoms with Gasteiger partial charge in [-0.25, -0.2) is 15.0 Å². The van der Waals surface area contributed by atoms with Crippen molar-refractivity contribution in [3.8, 4) is 22.5 Å². The van der Waals surface area contributed by atoms with Gasteiger partial charge in [0.2, 0.25) is 5.95 Å². The van der Waals surface area contributed by atoms with Crippen molar-refractivity contribution in [3.63, 3.8) is 0 Å². The summed E-state index contributed by atoms with van der Waals surface area (Å²) in [6, 6.07) is -0.109. The molecular weight excluding hydrogens is 414 g/mol. The van der Waals surface area contributed by atoms with Crippen LogP contribution in [0, 0.1) is 6.92 Å². The zero-order valence-corrected chi connectivity index (χ0v) is 17.8. The molecule has 31 heavy (non-hydrogen) atoms. The van der Waals surface area contributed by atoms with E-state index in [2.05, 4.69) is 36.1 Å². The number of aromatic nitrogens is 8. The van der Waals surface area contributed by atoms with Crippen LogP contribution >= 0.6 is 11.3 Å². The Morgan fingerprint density at radius 1 is 1.19 bits per heavy atom. The van der Waals surface area contributed by atoms with Gasteiger partial charge in [0.25, 0.3) is 0 Å². The lowest BCUT2D eigenvalue weighted by molar-refractivity contribution is 0.0374. The number of anilines is 1. The molecule has 156 valence electrons. The molecule has 1 saturated heterocycles. The molecule has 4 aromatic rings. The lowest BCUT2D eigenvalue weighted by atomic mass is 10.0. The predicted molar refractivity (Wildman–Crippen MR) is 115 cm³/mol. The second-order valence-corrected chi connectivity index (χ2v) is 8.17. The molecule has 4 aromatic heterocycles. The van der Waals surface area contributed by atoms with Crippen molar-refractivity contribution in [3.05, 3.63) is 54.0 Å². The van der Waals surface area contributed by atoms with Gasteiger partial charge in [0.15, 0.2) is 22.5 Å². The number of hydrogen-bond donors (Lipinski definition) is 0. The average Bonchev–Trinajstić information content (AvgIpc) is 3.54. The molecule has 2 aliphatic rings. The molecule has 0 radical (unpaired) electrons. The number of ether oxygens (including phenoxy) is 1. The van der Waals surface area contributed by atoms with E-state index in [-0.39, 0.29) is 12.1 Å². The monoisotopic (exact) mass is 433 g/mol. The van der Waals surface area contributed by atoms with Crippen molar-refractivity contribution in [2.45, 2.75) is 26.0 Å². The van der Waals surface area contributed by atoms with Crippen LogP contribution in [0.25, 0.3) is 22.5 Å². The van der Waals surface area contributed by atoms with Gasteiger partial charge in [0, 0.05) is 30.5 Å². The van der Waals surface area contributed by atoms with E-state index < -0.39 is 0 Å². The Hall–Kier alpha value is -3.44. The van der Waals surface area contributed by atoms with Crippen molar-refractivity contribution < 1.29 is 4.74 Å². The Kier molecular flexibility index (Phi) is 4.18. The van der Waals surface area contributed by atoms with Gasteiger partial charge in [-0.3, -0.25) is 9.13 Å². The molecular formula is C20H19N9OS. The maximum absolute atomic E-state index is 6.06. The quantitative estimate of drug-likeness (QED) is 0.455. The number of nitrogens with zero attached hydrogens (tertiary/aromatic N) is 9. The van der Waals surface area contributed by atoms with E-state index in [1.54, 1.807) is 12.4 Å². The molecule has 2 unspecified atom stereocenters. The number of allylic oxidation sites excluding steroid dienone is 1. The first-order chi connectivity index (χ1) is 15.3. The van der Waals surface area contributed by atoms with Gasteiger partial charge in [0.1, 0.15) is 23.7 Å². The van der Waals surface area contributed by atoms with E-state index in [1.807, 2.05) is 46.8 Å². The number of imidazole rings is 1. The molecule has 1 fully saturated rings. The molecule has 0 amide bonds. The number of aryl methyl sites for hydroxylation is 1. The molecule has 0 bridgehead atoms. The number of rotatable bonds is 3. The van der Waals surface area contributed by atoms with Crippen LogP contribution in [0.15, 0.2) is 42.3 Å². The first-order valence-corrected chi connectivity index (χ1v) is 10.9. The van der Waals surface area contributed by atoms with Gasteiger partial charge >= 0.3 is 0 Å². The highest BCUT2D eigenvalue weighted by Gasteiger charge is 2.42. The van der Waals surface area contributed by atoms with E-state index in [4.69, 9.17) is 9.72 Å². The summed E-state index contributed by atoms with van der Waals surface area (Å²) in [4.78, 5) is 20.7. The molecule has 6 rings (SSSR count). The number of morpholine rings is 1. The molecule has 0 aliphatic carbocycles. The Balaban J connectivity index is 1.53. The highest BCUT2D eigenvalue weighted by atomic mass is 32.1. The van der Waals surface area contributed by atoms with E-state index in [1.165, 1.54) is 11.3 Å². The Bertz CT molecular complexity index is 1280. The summed E-state index contributed by atoms with van der Waals surface area (Å²) >= 11 is 1.53. The van der Waals surface area contributed by atoms with Crippen LogP contribution in [0.5, 0.6) is 0 Å². The largest absolute Gasteiger partial charge is 0.370 e. The fourth-order valence-corrected chi connectivity index (χ4v) is 4.87. The summed E-state index contributed by atoms with van der Waals surface area (Å²) in [6.07, 6.45) is 11.1. The minimum atomic E-state index is -0.133. The first kappa shape index (κ1) is 18.3. The zero-order valence-electron chi connectivity index (χ0n) is 17.0. The molecule has 11 heteroatoms. The molecule has 0 N–H and O–H groups in total. The molecule has 0 spiro atoms. The normalized spacial score (nSPS) is 20.0.